The zero-order chi connectivity index (χ0) is 24.1. The van der Waals surface area contributed by atoms with Crippen LogP contribution in [-0.2, 0) is 21.4 Å². The third-order valence-electron chi connectivity index (χ3n) is 5.39. The molecule has 0 atom stereocenters. The number of aromatic nitrogens is 2. The lowest BCUT2D eigenvalue weighted by atomic mass is 10.2. The number of carbonyl (C=O) groups excluding carboxylic acids is 1. The van der Waals surface area contributed by atoms with Gasteiger partial charge in [-0.2, -0.15) is 4.31 Å². The smallest absolute Gasteiger partial charge is 0.338 e. The number of ether oxygens (including phenoxy) is 1. The summed E-state index contributed by atoms with van der Waals surface area (Å²) < 4.78 is 38.1. The summed E-state index contributed by atoms with van der Waals surface area (Å²) in [5.41, 5.74) is 0.491. The topological polar surface area (TPSA) is 146 Å². The van der Waals surface area contributed by atoms with Gasteiger partial charge in [-0.25, -0.2) is 13.2 Å². The second-order valence-corrected chi connectivity index (χ2v) is 9.67. The summed E-state index contributed by atoms with van der Waals surface area (Å²) >= 11 is 0. The second-order valence-electron chi connectivity index (χ2n) is 7.73. The van der Waals surface area contributed by atoms with Gasteiger partial charge < -0.3 is 9.15 Å². The molecule has 1 aromatic heterocycles. The number of carbonyl (C=O) groups is 1. The number of nitro benzene ring substituents is 1. The first-order valence-corrected chi connectivity index (χ1v) is 12.1. The van der Waals surface area contributed by atoms with Crippen LogP contribution in [0.15, 0.2) is 57.8 Å². The number of nitrogens with zero attached hydrogens (tertiary/aromatic N) is 4. The van der Waals surface area contributed by atoms with E-state index in [0.717, 1.165) is 25.7 Å². The minimum atomic E-state index is -3.70. The molecule has 1 saturated heterocycles. The lowest BCUT2D eigenvalue weighted by Gasteiger charge is -2.20. The van der Waals surface area contributed by atoms with E-state index in [1.165, 1.54) is 52.8 Å². The van der Waals surface area contributed by atoms with Crippen molar-refractivity contribution in [3.8, 4) is 11.5 Å². The first kappa shape index (κ1) is 23.5. The molecule has 0 bridgehead atoms. The van der Waals surface area contributed by atoms with Gasteiger partial charge in [-0.15, -0.1) is 10.2 Å². The Hall–Kier alpha value is -3.64. The summed E-state index contributed by atoms with van der Waals surface area (Å²) in [6.07, 6.45) is 3.62. The zero-order valence-corrected chi connectivity index (χ0v) is 18.9. The molecule has 178 valence electrons. The molecule has 12 heteroatoms. The van der Waals surface area contributed by atoms with Crippen LogP contribution in [0.1, 0.15) is 41.9 Å². The van der Waals surface area contributed by atoms with Crippen LogP contribution in [-0.4, -0.2) is 46.9 Å². The number of sulfonamides is 1. The van der Waals surface area contributed by atoms with Gasteiger partial charge in [0.15, 0.2) is 6.61 Å². The van der Waals surface area contributed by atoms with E-state index in [1.807, 2.05) is 0 Å². The number of hydrogen-bond acceptors (Lipinski definition) is 9. The maximum atomic E-state index is 13.0. The van der Waals surface area contributed by atoms with Crippen molar-refractivity contribution in [1.29, 1.82) is 0 Å². The van der Waals surface area contributed by atoms with Gasteiger partial charge in [0.2, 0.25) is 15.9 Å². The number of nitro groups is 1. The lowest BCUT2D eigenvalue weighted by Crippen LogP contribution is -2.32. The van der Waals surface area contributed by atoms with E-state index in [0.29, 0.717) is 18.7 Å². The van der Waals surface area contributed by atoms with Crippen molar-refractivity contribution in [2.45, 2.75) is 37.2 Å². The van der Waals surface area contributed by atoms with Crippen LogP contribution in [0.2, 0.25) is 0 Å². The molecule has 3 aromatic rings. The van der Waals surface area contributed by atoms with Crippen molar-refractivity contribution < 1.29 is 27.3 Å². The normalized spacial score (nSPS) is 14.9. The molecular weight excluding hydrogens is 464 g/mol. The van der Waals surface area contributed by atoms with Gasteiger partial charge in [0, 0.05) is 30.8 Å². The number of hydrogen-bond donors (Lipinski definition) is 0. The Balaban J connectivity index is 1.41. The van der Waals surface area contributed by atoms with Gasteiger partial charge in [0.25, 0.3) is 11.6 Å². The maximum Gasteiger partial charge on any atom is 0.338 e. The summed E-state index contributed by atoms with van der Waals surface area (Å²) in [5, 5.41) is 18.4. The predicted molar refractivity (Wildman–Crippen MR) is 119 cm³/mol. The molecule has 0 aliphatic carbocycles. The summed E-state index contributed by atoms with van der Waals surface area (Å²) in [5.74, 6) is -0.593. The number of benzene rings is 2. The fourth-order valence-corrected chi connectivity index (χ4v) is 5.14. The molecule has 1 aliphatic heterocycles. The Morgan fingerprint density at radius 1 is 1.06 bits per heavy atom. The van der Waals surface area contributed by atoms with Crippen LogP contribution >= 0.6 is 0 Å². The molecule has 0 N–H and O–H groups in total. The van der Waals surface area contributed by atoms with Crippen molar-refractivity contribution in [1.82, 2.24) is 14.5 Å². The fraction of sp³-hybridized carbons (Fsp3) is 0.318. The van der Waals surface area contributed by atoms with E-state index in [2.05, 4.69) is 10.2 Å². The summed E-state index contributed by atoms with van der Waals surface area (Å²) in [7, 11) is -3.70. The number of rotatable bonds is 7. The molecule has 2 heterocycles. The van der Waals surface area contributed by atoms with E-state index in [4.69, 9.17) is 9.15 Å². The van der Waals surface area contributed by atoms with Gasteiger partial charge >= 0.3 is 5.97 Å². The SMILES string of the molecule is O=C(OCc1nnc(-c2ccc([N+](=O)[O-])cc2)o1)c1cccc(S(=O)(=O)N2CCCCCC2)c1. The second kappa shape index (κ2) is 10.1. The van der Waals surface area contributed by atoms with E-state index in [-0.39, 0.29) is 34.5 Å². The third kappa shape index (κ3) is 5.29. The first-order chi connectivity index (χ1) is 16.3. The van der Waals surface area contributed by atoms with Crippen LogP contribution in [0, 0.1) is 10.1 Å². The third-order valence-corrected chi connectivity index (χ3v) is 7.29. The van der Waals surface area contributed by atoms with E-state index in [9.17, 15) is 23.3 Å². The molecule has 1 fully saturated rings. The van der Waals surface area contributed by atoms with E-state index < -0.39 is 20.9 Å². The van der Waals surface area contributed by atoms with Crippen LogP contribution < -0.4 is 0 Å². The highest BCUT2D eigenvalue weighted by Crippen LogP contribution is 2.23. The van der Waals surface area contributed by atoms with Gasteiger partial charge in [0.05, 0.1) is 15.4 Å². The highest BCUT2D eigenvalue weighted by molar-refractivity contribution is 7.89. The zero-order valence-electron chi connectivity index (χ0n) is 18.1. The molecule has 11 nitrogen and oxygen atoms in total. The molecule has 0 radical (unpaired) electrons. The highest BCUT2D eigenvalue weighted by Gasteiger charge is 2.26. The van der Waals surface area contributed by atoms with Gasteiger partial charge in [-0.05, 0) is 43.2 Å². The largest absolute Gasteiger partial charge is 0.452 e. The first-order valence-electron chi connectivity index (χ1n) is 10.7. The van der Waals surface area contributed by atoms with Crippen LogP contribution in [0.3, 0.4) is 0 Å². The van der Waals surface area contributed by atoms with Crippen molar-refractivity contribution in [2.75, 3.05) is 13.1 Å². The van der Waals surface area contributed by atoms with Gasteiger partial charge in [0.1, 0.15) is 0 Å². The molecule has 2 aromatic carbocycles. The molecule has 0 saturated carbocycles. The predicted octanol–water partition coefficient (Wildman–Crippen LogP) is 3.57. The summed E-state index contributed by atoms with van der Waals surface area (Å²) in [6, 6.07) is 11.3. The number of esters is 1. The average molecular weight is 487 g/mol. The van der Waals surface area contributed by atoms with E-state index >= 15 is 0 Å². The van der Waals surface area contributed by atoms with Crippen LogP contribution in [0.25, 0.3) is 11.5 Å². The molecule has 4 rings (SSSR count). The minimum Gasteiger partial charge on any atom is -0.452 e. The molecule has 1 aliphatic rings. The summed E-state index contributed by atoms with van der Waals surface area (Å²) in [6.45, 7) is 0.610. The maximum absolute atomic E-state index is 13.0. The van der Waals surface area contributed by atoms with Crippen molar-refractivity contribution in [3.05, 3.63) is 70.1 Å². The molecule has 0 unspecified atom stereocenters. The highest BCUT2D eigenvalue weighted by atomic mass is 32.2. The van der Waals surface area contributed by atoms with E-state index in [1.54, 1.807) is 0 Å². The van der Waals surface area contributed by atoms with Crippen molar-refractivity contribution in [2.24, 2.45) is 0 Å². The van der Waals surface area contributed by atoms with Crippen LogP contribution in [0.4, 0.5) is 5.69 Å². The molecular formula is C22H22N4O7S. The Bertz CT molecular complexity index is 1280. The van der Waals surface area contributed by atoms with Crippen molar-refractivity contribution in [3.63, 3.8) is 0 Å². The number of non-ortho nitro benzene ring substituents is 1. The van der Waals surface area contributed by atoms with Gasteiger partial charge in [-0.1, -0.05) is 18.9 Å². The quantitative estimate of drug-likeness (QED) is 0.278. The van der Waals surface area contributed by atoms with Crippen LogP contribution in [0.5, 0.6) is 0 Å². The molecule has 34 heavy (non-hydrogen) atoms. The monoisotopic (exact) mass is 486 g/mol. The van der Waals surface area contributed by atoms with Gasteiger partial charge in [-0.3, -0.25) is 10.1 Å². The fourth-order valence-electron chi connectivity index (χ4n) is 3.58. The molecule has 0 spiro atoms. The minimum absolute atomic E-state index is 0.0232. The average Bonchev–Trinajstić information content (AvgIpc) is 3.14. The standard InChI is InChI=1S/C22H22N4O7S/c27-22(17-6-5-7-19(14-17)34(30,31)25-12-3-1-2-4-13-25)32-15-20-23-24-21(33-20)16-8-10-18(11-9-16)26(28)29/h5-11,14H,1-4,12-13,15H2. The Morgan fingerprint density at radius 3 is 2.44 bits per heavy atom. The Labute approximate surface area is 195 Å². The summed E-state index contributed by atoms with van der Waals surface area (Å²) in [4.78, 5) is 22.8. The Morgan fingerprint density at radius 2 is 1.76 bits per heavy atom. The molecule has 0 amide bonds. The van der Waals surface area contributed by atoms with Crippen molar-refractivity contribution >= 4 is 21.7 Å². The lowest BCUT2D eigenvalue weighted by molar-refractivity contribution is -0.384. The Kier molecular flexibility index (Phi) is 6.98.